The highest BCUT2D eigenvalue weighted by Crippen LogP contribution is 2.24. The van der Waals surface area contributed by atoms with Gasteiger partial charge in [0.15, 0.2) is 0 Å². The molecular formula is C15H30N2O2. The van der Waals surface area contributed by atoms with Crippen molar-refractivity contribution in [3.8, 4) is 0 Å². The molecule has 4 nitrogen and oxygen atoms in total. The van der Waals surface area contributed by atoms with E-state index in [0.29, 0.717) is 12.0 Å². The van der Waals surface area contributed by atoms with Gasteiger partial charge in [0.25, 0.3) is 0 Å². The van der Waals surface area contributed by atoms with Gasteiger partial charge in [0.05, 0.1) is 11.6 Å². The summed E-state index contributed by atoms with van der Waals surface area (Å²) in [4.78, 5) is 13.9. The molecule has 1 aliphatic heterocycles. The molecule has 2 atom stereocenters. The monoisotopic (exact) mass is 270 g/mol. The summed E-state index contributed by atoms with van der Waals surface area (Å²) in [5.41, 5.74) is -0.0839. The van der Waals surface area contributed by atoms with Crippen LogP contribution in [0.15, 0.2) is 0 Å². The Hall–Kier alpha value is -0.610. The number of hydrogen-bond acceptors (Lipinski definition) is 3. The molecule has 1 saturated heterocycles. The molecule has 1 heterocycles. The largest absolute Gasteiger partial charge is 0.375 e. The zero-order chi connectivity index (χ0) is 14.6. The Labute approximate surface area is 117 Å². The van der Waals surface area contributed by atoms with Gasteiger partial charge in [-0.25, -0.2) is 0 Å². The zero-order valence-electron chi connectivity index (χ0n) is 13.3. The van der Waals surface area contributed by atoms with Crippen LogP contribution in [0.2, 0.25) is 0 Å². The summed E-state index contributed by atoms with van der Waals surface area (Å²) in [7, 11) is 3.65. The van der Waals surface area contributed by atoms with Crippen LogP contribution in [0.25, 0.3) is 0 Å². The molecule has 112 valence electrons. The quantitative estimate of drug-likeness (QED) is 0.831. The third kappa shape index (κ3) is 5.49. The molecule has 0 saturated carbocycles. The minimum atomic E-state index is -0.0839. The maximum Gasteiger partial charge on any atom is 0.239 e. The van der Waals surface area contributed by atoms with Gasteiger partial charge in [0.2, 0.25) is 5.91 Å². The maximum atomic E-state index is 12.2. The Morgan fingerprint density at radius 1 is 1.42 bits per heavy atom. The fourth-order valence-electron chi connectivity index (χ4n) is 2.68. The number of nitrogens with zero attached hydrogens (tertiary/aromatic N) is 1. The van der Waals surface area contributed by atoms with Crippen LogP contribution in [0.1, 0.15) is 47.0 Å². The van der Waals surface area contributed by atoms with E-state index in [1.165, 1.54) is 0 Å². The van der Waals surface area contributed by atoms with Crippen molar-refractivity contribution in [3.05, 3.63) is 0 Å². The minimum Gasteiger partial charge on any atom is -0.375 e. The Kier molecular flexibility index (Phi) is 5.81. The van der Waals surface area contributed by atoms with Gasteiger partial charge in [-0.05, 0) is 39.0 Å². The number of ether oxygens (including phenoxy) is 1. The third-order valence-corrected chi connectivity index (χ3v) is 3.58. The van der Waals surface area contributed by atoms with Gasteiger partial charge in [-0.1, -0.05) is 13.8 Å². The van der Waals surface area contributed by atoms with E-state index in [4.69, 9.17) is 4.74 Å². The molecule has 0 aliphatic carbocycles. The summed E-state index contributed by atoms with van der Waals surface area (Å²) >= 11 is 0. The van der Waals surface area contributed by atoms with Crippen molar-refractivity contribution in [1.82, 2.24) is 10.2 Å². The van der Waals surface area contributed by atoms with E-state index in [1.807, 2.05) is 14.1 Å². The molecule has 0 aromatic carbocycles. The van der Waals surface area contributed by atoms with Crippen LogP contribution < -0.4 is 5.32 Å². The fourth-order valence-corrected chi connectivity index (χ4v) is 2.68. The first-order chi connectivity index (χ1) is 8.71. The van der Waals surface area contributed by atoms with E-state index in [0.717, 1.165) is 25.9 Å². The number of carbonyl (C=O) groups is 1. The van der Waals surface area contributed by atoms with Crippen LogP contribution in [0, 0.1) is 5.92 Å². The molecule has 1 fully saturated rings. The van der Waals surface area contributed by atoms with E-state index < -0.39 is 0 Å². The van der Waals surface area contributed by atoms with E-state index in [9.17, 15) is 4.79 Å². The van der Waals surface area contributed by atoms with Crippen LogP contribution in [-0.4, -0.2) is 49.2 Å². The van der Waals surface area contributed by atoms with Gasteiger partial charge in [-0.15, -0.1) is 0 Å². The van der Waals surface area contributed by atoms with Gasteiger partial charge >= 0.3 is 0 Å². The molecule has 0 radical (unpaired) electrons. The highest BCUT2D eigenvalue weighted by atomic mass is 16.5. The standard InChI is InChI=1S/C15H30N2O2/c1-11(2)9-13(14(18)17(5)6)16-12-7-8-19-15(3,4)10-12/h11-13,16H,7-10H2,1-6H3. The average Bonchev–Trinajstić information content (AvgIpc) is 2.25. The first kappa shape index (κ1) is 16.4. The Morgan fingerprint density at radius 3 is 2.53 bits per heavy atom. The molecule has 19 heavy (non-hydrogen) atoms. The summed E-state index contributed by atoms with van der Waals surface area (Å²) < 4.78 is 5.73. The maximum absolute atomic E-state index is 12.2. The second-order valence-corrected chi connectivity index (χ2v) is 6.88. The second-order valence-electron chi connectivity index (χ2n) is 6.88. The molecule has 1 N–H and O–H groups in total. The molecule has 0 aromatic heterocycles. The number of amides is 1. The van der Waals surface area contributed by atoms with E-state index in [-0.39, 0.29) is 17.6 Å². The van der Waals surface area contributed by atoms with Crippen molar-refractivity contribution in [2.45, 2.75) is 64.6 Å². The van der Waals surface area contributed by atoms with Crippen molar-refractivity contribution in [3.63, 3.8) is 0 Å². The summed E-state index contributed by atoms with van der Waals surface area (Å²) in [6.45, 7) is 9.32. The lowest BCUT2D eigenvalue weighted by Gasteiger charge is -2.38. The molecule has 0 spiro atoms. The van der Waals surface area contributed by atoms with Gasteiger partial charge in [-0.2, -0.15) is 0 Å². The van der Waals surface area contributed by atoms with Crippen LogP contribution >= 0.6 is 0 Å². The van der Waals surface area contributed by atoms with Gasteiger partial charge in [0, 0.05) is 26.7 Å². The summed E-state index contributed by atoms with van der Waals surface area (Å²) in [6.07, 6.45) is 2.83. The number of hydrogen-bond donors (Lipinski definition) is 1. The van der Waals surface area contributed by atoms with Crippen molar-refractivity contribution < 1.29 is 9.53 Å². The second kappa shape index (κ2) is 6.71. The smallest absolute Gasteiger partial charge is 0.239 e. The minimum absolute atomic E-state index is 0.0751. The van der Waals surface area contributed by atoms with Gasteiger partial charge < -0.3 is 15.0 Å². The van der Waals surface area contributed by atoms with Crippen LogP contribution in [0.5, 0.6) is 0 Å². The summed E-state index contributed by atoms with van der Waals surface area (Å²) in [5, 5.41) is 3.55. The molecule has 0 bridgehead atoms. The first-order valence-corrected chi connectivity index (χ1v) is 7.32. The molecule has 1 amide bonds. The lowest BCUT2D eigenvalue weighted by atomic mass is 9.92. The highest BCUT2D eigenvalue weighted by molar-refractivity contribution is 5.81. The molecule has 2 unspecified atom stereocenters. The highest BCUT2D eigenvalue weighted by Gasteiger charge is 2.32. The molecular weight excluding hydrogens is 240 g/mol. The van der Waals surface area contributed by atoms with Crippen molar-refractivity contribution in [2.24, 2.45) is 5.92 Å². The number of nitrogens with one attached hydrogen (secondary N) is 1. The van der Waals surface area contributed by atoms with Crippen LogP contribution in [0.4, 0.5) is 0 Å². The average molecular weight is 270 g/mol. The fraction of sp³-hybridized carbons (Fsp3) is 0.933. The SMILES string of the molecule is CC(C)CC(NC1CCOC(C)(C)C1)C(=O)N(C)C. The molecule has 1 aliphatic rings. The molecule has 0 aromatic rings. The van der Waals surface area contributed by atoms with Gasteiger partial charge in [-0.3, -0.25) is 4.79 Å². The Bertz CT molecular complexity index is 301. The number of carbonyl (C=O) groups excluding carboxylic acids is 1. The van der Waals surface area contributed by atoms with Gasteiger partial charge in [0.1, 0.15) is 0 Å². The predicted octanol–water partition coefficient (Wildman–Crippen LogP) is 2.04. The number of likely N-dealkylation sites (N-methyl/N-ethyl adjacent to an activating group) is 1. The van der Waals surface area contributed by atoms with E-state index >= 15 is 0 Å². The lowest BCUT2D eigenvalue weighted by Crippen LogP contribution is -2.52. The molecule has 4 heteroatoms. The normalized spacial score (nSPS) is 24.3. The first-order valence-electron chi connectivity index (χ1n) is 7.32. The van der Waals surface area contributed by atoms with E-state index in [2.05, 4.69) is 33.0 Å². The lowest BCUT2D eigenvalue weighted by molar-refractivity contribution is -0.132. The Morgan fingerprint density at radius 2 is 2.05 bits per heavy atom. The van der Waals surface area contributed by atoms with Crippen molar-refractivity contribution in [1.29, 1.82) is 0 Å². The van der Waals surface area contributed by atoms with Crippen molar-refractivity contribution >= 4 is 5.91 Å². The predicted molar refractivity (Wildman–Crippen MR) is 78.1 cm³/mol. The topological polar surface area (TPSA) is 41.6 Å². The molecule has 1 rings (SSSR count). The van der Waals surface area contributed by atoms with Crippen molar-refractivity contribution in [2.75, 3.05) is 20.7 Å². The summed E-state index contributed by atoms with van der Waals surface area (Å²) in [6, 6.07) is 0.297. The zero-order valence-corrected chi connectivity index (χ0v) is 13.3. The van der Waals surface area contributed by atoms with Crippen LogP contribution in [-0.2, 0) is 9.53 Å². The number of rotatable bonds is 5. The van der Waals surface area contributed by atoms with E-state index in [1.54, 1.807) is 4.90 Å². The van der Waals surface area contributed by atoms with Crippen LogP contribution in [0.3, 0.4) is 0 Å². The summed E-state index contributed by atoms with van der Waals surface area (Å²) in [5.74, 6) is 0.687. The third-order valence-electron chi connectivity index (χ3n) is 3.58. The Balaban J connectivity index is 2.63.